The average molecular weight is 377 g/mol. The molecule has 1 aromatic carbocycles. The first-order chi connectivity index (χ1) is 12.1. The van der Waals surface area contributed by atoms with Crippen molar-refractivity contribution in [3.63, 3.8) is 0 Å². The summed E-state index contributed by atoms with van der Waals surface area (Å²) in [5.41, 5.74) is 1.67. The summed E-state index contributed by atoms with van der Waals surface area (Å²) in [6, 6.07) is 8.79. The van der Waals surface area contributed by atoms with Gasteiger partial charge in [0.25, 0.3) is 0 Å². The van der Waals surface area contributed by atoms with Crippen molar-refractivity contribution >= 4 is 29.1 Å². The fourth-order valence-corrected chi connectivity index (χ4v) is 2.68. The summed E-state index contributed by atoms with van der Waals surface area (Å²) in [5.74, 6) is 0.666. The number of halogens is 2. The largest absolute Gasteiger partial charge is 0.347 e. The van der Waals surface area contributed by atoms with Crippen LogP contribution in [0.2, 0.25) is 10.0 Å². The van der Waals surface area contributed by atoms with E-state index in [-0.39, 0.29) is 12.5 Å². The van der Waals surface area contributed by atoms with Crippen LogP contribution >= 0.6 is 23.2 Å². The fourth-order valence-electron chi connectivity index (χ4n) is 2.18. The second-order valence-corrected chi connectivity index (χ2v) is 6.10. The minimum absolute atomic E-state index is 0.130. The number of pyridine rings is 1. The van der Waals surface area contributed by atoms with Crippen LogP contribution in [0.5, 0.6) is 0 Å². The Hall–Kier alpha value is -2.44. The Balaban J connectivity index is 1.50. The molecule has 1 amide bonds. The van der Waals surface area contributed by atoms with E-state index in [9.17, 15) is 4.79 Å². The standard InChI is InChI=1S/C17H14Cl2N4O2/c18-13-3-1-11(14(19)9-13)2-4-15(24)21-10-16-22-17(23-25-16)12-5-7-20-8-6-12/h1,3,5-9H,2,4,10H2,(H,21,24). The lowest BCUT2D eigenvalue weighted by molar-refractivity contribution is -0.121. The van der Waals surface area contributed by atoms with Crippen molar-refractivity contribution in [3.8, 4) is 11.4 Å². The molecule has 25 heavy (non-hydrogen) atoms. The predicted octanol–water partition coefficient (Wildman–Crippen LogP) is 3.69. The molecule has 1 N–H and O–H groups in total. The molecule has 0 bridgehead atoms. The predicted molar refractivity (Wildman–Crippen MR) is 94.2 cm³/mol. The fraction of sp³-hybridized carbons (Fsp3) is 0.176. The summed E-state index contributed by atoms with van der Waals surface area (Å²) < 4.78 is 5.13. The van der Waals surface area contributed by atoms with E-state index in [1.54, 1.807) is 36.7 Å². The molecule has 0 unspecified atom stereocenters. The minimum atomic E-state index is -0.130. The van der Waals surface area contributed by atoms with Gasteiger partial charge in [-0.2, -0.15) is 4.98 Å². The summed E-state index contributed by atoms with van der Waals surface area (Å²) in [6.45, 7) is 0.172. The van der Waals surface area contributed by atoms with Crippen LogP contribution in [0.15, 0.2) is 47.2 Å². The molecule has 0 saturated heterocycles. The van der Waals surface area contributed by atoms with Gasteiger partial charge in [0.2, 0.25) is 17.6 Å². The molecule has 3 rings (SSSR count). The molecule has 2 heterocycles. The molecule has 8 heteroatoms. The van der Waals surface area contributed by atoms with Crippen LogP contribution in [-0.2, 0) is 17.8 Å². The molecule has 0 aliphatic rings. The Bertz CT molecular complexity index is 868. The molecule has 0 aliphatic carbocycles. The van der Waals surface area contributed by atoms with E-state index >= 15 is 0 Å². The van der Waals surface area contributed by atoms with Crippen molar-refractivity contribution in [2.75, 3.05) is 0 Å². The lowest BCUT2D eigenvalue weighted by Gasteiger charge is -2.05. The number of nitrogens with zero attached hydrogens (tertiary/aromatic N) is 3. The molecule has 0 atom stereocenters. The Morgan fingerprint density at radius 3 is 2.72 bits per heavy atom. The van der Waals surface area contributed by atoms with Crippen LogP contribution in [-0.4, -0.2) is 21.0 Å². The third-order valence-electron chi connectivity index (χ3n) is 3.48. The highest BCUT2D eigenvalue weighted by Crippen LogP contribution is 2.22. The highest BCUT2D eigenvalue weighted by atomic mass is 35.5. The number of amides is 1. The third kappa shape index (κ3) is 4.78. The second kappa shape index (κ2) is 8.09. The number of rotatable bonds is 6. The quantitative estimate of drug-likeness (QED) is 0.709. The maximum Gasteiger partial charge on any atom is 0.246 e. The van der Waals surface area contributed by atoms with Crippen LogP contribution in [0, 0.1) is 0 Å². The Labute approximate surface area is 154 Å². The van der Waals surface area contributed by atoms with Gasteiger partial charge < -0.3 is 9.84 Å². The first kappa shape index (κ1) is 17.4. The molecule has 3 aromatic rings. The van der Waals surface area contributed by atoms with Gasteiger partial charge in [-0.05, 0) is 36.2 Å². The maximum atomic E-state index is 12.0. The zero-order chi connectivity index (χ0) is 17.6. The van der Waals surface area contributed by atoms with E-state index in [0.717, 1.165) is 11.1 Å². The second-order valence-electron chi connectivity index (χ2n) is 5.26. The number of hydrogen-bond acceptors (Lipinski definition) is 5. The Morgan fingerprint density at radius 2 is 1.96 bits per heavy atom. The smallest absolute Gasteiger partial charge is 0.246 e. The summed E-state index contributed by atoms with van der Waals surface area (Å²) in [4.78, 5) is 20.1. The molecule has 2 aromatic heterocycles. The number of benzene rings is 1. The molecule has 0 aliphatic heterocycles. The van der Waals surface area contributed by atoms with Crippen molar-refractivity contribution in [2.45, 2.75) is 19.4 Å². The SMILES string of the molecule is O=C(CCc1ccc(Cl)cc1Cl)NCc1nc(-c2ccncc2)no1. The number of carbonyl (C=O) groups is 1. The number of aryl methyl sites for hydroxylation is 1. The van der Waals surface area contributed by atoms with Crippen molar-refractivity contribution < 1.29 is 9.32 Å². The molecule has 0 radical (unpaired) electrons. The van der Waals surface area contributed by atoms with Crippen LogP contribution in [0.25, 0.3) is 11.4 Å². The van der Waals surface area contributed by atoms with E-state index < -0.39 is 0 Å². The monoisotopic (exact) mass is 376 g/mol. The van der Waals surface area contributed by atoms with Gasteiger partial charge in [0.15, 0.2) is 0 Å². The summed E-state index contributed by atoms with van der Waals surface area (Å²) in [5, 5.41) is 7.75. The van der Waals surface area contributed by atoms with Gasteiger partial charge in [0.1, 0.15) is 0 Å². The molecule has 0 fully saturated rings. The number of carbonyl (C=O) groups excluding carboxylic acids is 1. The minimum Gasteiger partial charge on any atom is -0.347 e. The van der Waals surface area contributed by atoms with Crippen molar-refractivity contribution in [3.05, 3.63) is 64.2 Å². The topological polar surface area (TPSA) is 80.9 Å². The van der Waals surface area contributed by atoms with E-state index in [0.29, 0.717) is 34.6 Å². The number of hydrogen-bond donors (Lipinski definition) is 1. The normalized spacial score (nSPS) is 10.6. The highest BCUT2D eigenvalue weighted by Gasteiger charge is 2.10. The number of nitrogens with one attached hydrogen (secondary N) is 1. The van der Waals surface area contributed by atoms with E-state index in [2.05, 4.69) is 20.4 Å². The van der Waals surface area contributed by atoms with Crippen molar-refractivity contribution in [1.82, 2.24) is 20.4 Å². The molecule has 0 spiro atoms. The van der Waals surface area contributed by atoms with Crippen LogP contribution in [0.4, 0.5) is 0 Å². The molecular weight excluding hydrogens is 363 g/mol. The molecular formula is C17H14Cl2N4O2. The van der Waals surface area contributed by atoms with Gasteiger partial charge in [-0.15, -0.1) is 0 Å². The van der Waals surface area contributed by atoms with E-state index in [1.807, 2.05) is 6.07 Å². The molecule has 6 nitrogen and oxygen atoms in total. The lowest BCUT2D eigenvalue weighted by Crippen LogP contribution is -2.23. The highest BCUT2D eigenvalue weighted by molar-refractivity contribution is 6.35. The van der Waals surface area contributed by atoms with Crippen LogP contribution < -0.4 is 5.32 Å². The molecule has 128 valence electrons. The zero-order valence-corrected chi connectivity index (χ0v) is 14.6. The Kier molecular flexibility index (Phi) is 5.63. The third-order valence-corrected chi connectivity index (χ3v) is 4.07. The Morgan fingerprint density at radius 1 is 1.16 bits per heavy atom. The summed E-state index contributed by atoms with van der Waals surface area (Å²) in [6.07, 6.45) is 4.12. The lowest BCUT2D eigenvalue weighted by atomic mass is 10.1. The van der Waals surface area contributed by atoms with Gasteiger partial charge in [0, 0.05) is 34.4 Å². The van der Waals surface area contributed by atoms with Gasteiger partial charge in [-0.1, -0.05) is 34.4 Å². The van der Waals surface area contributed by atoms with E-state index in [1.165, 1.54) is 0 Å². The van der Waals surface area contributed by atoms with Crippen molar-refractivity contribution in [1.29, 1.82) is 0 Å². The van der Waals surface area contributed by atoms with Gasteiger partial charge in [-0.25, -0.2) is 0 Å². The number of aromatic nitrogens is 3. The van der Waals surface area contributed by atoms with Gasteiger partial charge >= 0.3 is 0 Å². The van der Waals surface area contributed by atoms with Crippen LogP contribution in [0.3, 0.4) is 0 Å². The average Bonchev–Trinajstić information content (AvgIpc) is 3.09. The van der Waals surface area contributed by atoms with Gasteiger partial charge in [0.05, 0.1) is 6.54 Å². The maximum absolute atomic E-state index is 12.0. The van der Waals surface area contributed by atoms with E-state index in [4.69, 9.17) is 27.7 Å². The summed E-state index contributed by atoms with van der Waals surface area (Å²) >= 11 is 11.9. The summed E-state index contributed by atoms with van der Waals surface area (Å²) in [7, 11) is 0. The first-order valence-electron chi connectivity index (χ1n) is 7.55. The van der Waals surface area contributed by atoms with Gasteiger partial charge in [-0.3, -0.25) is 9.78 Å². The van der Waals surface area contributed by atoms with Crippen molar-refractivity contribution in [2.24, 2.45) is 0 Å². The van der Waals surface area contributed by atoms with Crippen LogP contribution in [0.1, 0.15) is 17.9 Å². The first-order valence-corrected chi connectivity index (χ1v) is 8.31. The zero-order valence-electron chi connectivity index (χ0n) is 13.1. The molecule has 0 saturated carbocycles.